The van der Waals surface area contributed by atoms with Gasteiger partial charge in [0.25, 0.3) is 10.0 Å². The highest BCUT2D eigenvalue weighted by Crippen LogP contribution is 2.28. The van der Waals surface area contributed by atoms with Crippen LogP contribution in [-0.2, 0) is 32.4 Å². The van der Waals surface area contributed by atoms with Gasteiger partial charge >= 0.3 is 5.97 Å². The molecule has 0 aliphatic heterocycles. The summed E-state index contributed by atoms with van der Waals surface area (Å²) in [7, 11) is -2.74. The van der Waals surface area contributed by atoms with Crippen LogP contribution in [0.4, 0.5) is 0 Å². The van der Waals surface area contributed by atoms with E-state index in [2.05, 4.69) is 13.5 Å². The number of esters is 1. The van der Waals surface area contributed by atoms with Gasteiger partial charge in [-0.15, -0.1) is 0 Å². The first-order valence-electron chi connectivity index (χ1n) is 11.4. The molecule has 4 aromatic rings. The van der Waals surface area contributed by atoms with Gasteiger partial charge in [-0.25, -0.2) is 17.9 Å². The average Bonchev–Trinajstić information content (AvgIpc) is 3.36. The van der Waals surface area contributed by atoms with Gasteiger partial charge in [-0.2, -0.15) is 8.75 Å². The third-order valence-electron chi connectivity index (χ3n) is 5.86. The van der Waals surface area contributed by atoms with Crippen molar-refractivity contribution in [3.05, 3.63) is 89.0 Å². The summed E-state index contributed by atoms with van der Waals surface area (Å²) >= 11 is 1.07. The number of hydrogen-bond donors (Lipinski definition) is 1. The minimum Gasteiger partial charge on any atom is -0.465 e. The zero-order chi connectivity index (χ0) is 25.7. The summed E-state index contributed by atoms with van der Waals surface area (Å²) in [5.74, 6) is -1.92. The molecule has 4 rings (SSSR count). The summed E-state index contributed by atoms with van der Waals surface area (Å²) in [4.78, 5) is 25.6. The van der Waals surface area contributed by atoms with Crippen LogP contribution >= 0.6 is 11.7 Å². The van der Waals surface area contributed by atoms with E-state index < -0.39 is 27.8 Å². The van der Waals surface area contributed by atoms with Crippen molar-refractivity contribution in [1.29, 1.82) is 0 Å². The number of carbonyl (C=O) groups is 2. The molecule has 0 spiro atoms. The lowest BCUT2D eigenvalue weighted by molar-refractivity contribution is -0.120. The highest BCUT2D eigenvalue weighted by molar-refractivity contribution is 7.90. The molecule has 1 unspecified atom stereocenters. The largest absolute Gasteiger partial charge is 0.465 e. The highest BCUT2D eigenvalue weighted by Gasteiger charge is 2.28. The molecule has 3 aromatic carbocycles. The van der Waals surface area contributed by atoms with E-state index in [1.807, 2.05) is 6.92 Å². The van der Waals surface area contributed by atoms with E-state index in [9.17, 15) is 18.0 Å². The monoisotopic (exact) mass is 523 g/mol. The highest BCUT2D eigenvalue weighted by atomic mass is 32.2. The quantitative estimate of drug-likeness (QED) is 0.326. The van der Waals surface area contributed by atoms with E-state index in [0.717, 1.165) is 29.3 Å². The molecule has 36 heavy (non-hydrogen) atoms. The molecule has 0 radical (unpaired) electrons. The molecule has 0 saturated carbocycles. The van der Waals surface area contributed by atoms with Gasteiger partial charge < -0.3 is 4.74 Å². The number of carbonyl (C=O) groups excluding carboxylic acids is 2. The van der Waals surface area contributed by atoms with Gasteiger partial charge in [-0.1, -0.05) is 43.7 Å². The lowest BCUT2D eigenvalue weighted by Gasteiger charge is -2.20. The number of methoxy groups -OCH3 is 1. The van der Waals surface area contributed by atoms with E-state index in [1.165, 1.54) is 19.2 Å². The molecule has 0 bridgehead atoms. The van der Waals surface area contributed by atoms with Gasteiger partial charge in [0, 0.05) is 0 Å². The summed E-state index contributed by atoms with van der Waals surface area (Å²) in [6.45, 7) is 2.02. The maximum Gasteiger partial charge on any atom is 0.337 e. The van der Waals surface area contributed by atoms with Crippen LogP contribution in [0, 0.1) is 0 Å². The van der Waals surface area contributed by atoms with Crippen molar-refractivity contribution in [2.24, 2.45) is 0 Å². The van der Waals surface area contributed by atoms with E-state index >= 15 is 0 Å². The molecule has 1 N–H and O–H groups in total. The van der Waals surface area contributed by atoms with Crippen LogP contribution < -0.4 is 4.72 Å². The Labute approximate surface area is 213 Å². The number of nitrogens with zero attached hydrogens (tertiary/aromatic N) is 2. The first-order chi connectivity index (χ1) is 17.3. The van der Waals surface area contributed by atoms with E-state index in [0.29, 0.717) is 28.6 Å². The predicted molar refractivity (Wildman–Crippen MR) is 137 cm³/mol. The van der Waals surface area contributed by atoms with E-state index in [4.69, 9.17) is 4.74 Å². The molecular formula is C26H25N3O5S2. The second-order valence-electron chi connectivity index (χ2n) is 8.28. The van der Waals surface area contributed by atoms with Crippen LogP contribution in [0.5, 0.6) is 0 Å². The van der Waals surface area contributed by atoms with Gasteiger partial charge in [0.1, 0.15) is 11.0 Å². The smallest absolute Gasteiger partial charge is 0.337 e. The minimum atomic E-state index is -4.06. The third kappa shape index (κ3) is 5.60. The summed E-state index contributed by atoms with van der Waals surface area (Å²) in [6, 6.07) is 18.3. The molecule has 186 valence electrons. The predicted octanol–water partition coefficient (Wildman–Crippen LogP) is 4.26. The Morgan fingerprint density at radius 3 is 2.44 bits per heavy atom. The molecule has 1 heterocycles. The molecule has 1 amide bonds. The Balaban J connectivity index is 1.73. The number of amides is 1. The number of benzene rings is 3. The van der Waals surface area contributed by atoms with Crippen LogP contribution in [0.2, 0.25) is 0 Å². The van der Waals surface area contributed by atoms with Crippen LogP contribution in [0.25, 0.3) is 11.0 Å². The van der Waals surface area contributed by atoms with Crippen molar-refractivity contribution in [2.45, 2.75) is 37.0 Å². The first-order valence-corrected chi connectivity index (χ1v) is 13.6. The fourth-order valence-electron chi connectivity index (χ4n) is 4.03. The van der Waals surface area contributed by atoms with Crippen molar-refractivity contribution in [2.75, 3.05) is 7.11 Å². The number of nitrogens with one attached hydrogen (secondary N) is 1. The zero-order valence-electron chi connectivity index (χ0n) is 19.8. The third-order valence-corrected chi connectivity index (χ3v) is 7.78. The Bertz CT molecular complexity index is 1500. The Morgan fingerprint density at radius 2 is 1.72 bits per heavy atom. The van der Waals surface area contributed by atoms with Gasteiger partial charge in [0.15, 0.2) is 0 Å². The van der Waals surface area contributed by atoms with Crippen molar-refractivity contribution in [1.82, 2.24) is 13.5 Å². The molecule has 8 nitrogen and oxygen atoms in total. The van der Waals surface area contributed by atoms with E-state index in [-0.39, 0.29) is 11.3 Å². The van der Waals surface area contributed by atoms with Crippen molar-refractivity contribution < 1.29 is 22.7 Å². The van der Waals surface area contributed by atoms with Gasteiger partial charge in [-0.3, -0.25) is 4.79 Å². The van der Waals surface area contributed by atoms with Crippen molar-refractivity contribution >= 4 is 44.7 Å². The van der Waals surface area contributed by atoms with E-state index in [1.54, 1.807) is 54.6 Å². The molecule has 1 aromatic heterocycles. The summed E-state index contributed by atoms with van der Waals surface area (Å²) in [5.41, 5.74) is 4.13. The Kier molecular flexibility index (Phi) is 7.76. The maximum absolute atomic E-state index is 13.5. The Morgan fingerprint density at radius 1 is 0.972 bits per heavy atom. The number of ether oxygens (including phenoxy) is 1. The lowest BCUT2D eigenvalue weighted by Crippen LogP contribution is -2.35. The molecule has 0 saturated heterocycles. The fourth-order valence-corrected chi connectivity index (χ4v) is 5.59. The fraction of sp³-hybridized carbons (Fsp3) is 0.231. The minimum absolute atomic E-state index is 0.00496. The number of fused-ring (bicyclic) bond motifs is 1. The average molecular weight is 524 g/mol. The van der Waals surface area contributed by atoms with Gasteiger partial charge in [0.05, 0.1) is 35.2 Å². The number of hydrogen-bond acceptors (Lipinski definition) is 8. The lowest BCUT2D eigenvalue weighted by atomic mass is 9.87. The van der Waals surface area contributed by atoms with Crippen LogP contribution in [0.1, 0.15) is 46.3 Å². The normalized spacial score (nSPS) is 12.3. The Hall–Kier alpha value is -3.63. The number of sulfonamides is 1. The number of rotatable bonds is 9. The molecule has 0 fully saturated rings. The van der Waals surface area contributed by atoms with Crippen LogP contribution in [-0.4, -0.2) is 36.2 Å². The molecule has 0 aliphatic rings. The SMILES string of the molecule is CCCc1cc(C(=O)OC)ccc1CC(C(=O)NS(=O)(=O)c1ccccc1)c1ccc2nsnc2c1. The standard InChI is InChI=1S/C26H25N3O5S2/c1-3-7-17-14-20(26(31)34-2)11-10-18(17)15-22(19-12-13-23-24(16-19)28-35-27-23)25(30)29-36(32,33)21-8-5-4-6-9-21/h4-6,8-14,16,22H,3,7,15H2,1-2H3,(H,29,30). The van der Waals surface area contributed by atoms with Gasteiger partial charge in [0.2, 0.25) is 5.91 Å². The maximum atomic E-state index is 13.5. The first kappa shape index (κ1) is 25.5. The number of aromatic nitrogens is 2. The molecule has 1 atom stereocenters. The second-order valence-corrected chi connectivity index (χ2v) is 10.5. The number of aryl methyl sites for hydroxylation is 1. The summed E-state index contributed by atoms with van der Waals surface area (Å²) < 4.78 is 41.4. The summed E-state index contributed by atoms with van der Waals surface area (Å²) in [6.07, 6.45) is 1.75. The van der Waals surface area contributed by atoms with Crippen LogP contribution in [0.15, 0.2) is 71.6 Å². The second kappa shape index (κ2) is 11.0. The van der Waals surface area contributed by atoms with Crippen molar-refractivity contribution in [3.8, 4) is 0 Å². The van der Waals surface area contributed by atoms with Crippen molar-refractivity contribution in [3.63, 3.8) is 0 Å². The molecule has 10 heteroatoms. The van der Waals surface area contributed by atoms with Gasteiger partial charge in [-0.05, 0) is 65.9 Å². The molecular weight excluding hydrogens is 498 g/mol. The zero-order valence-corrected chi connectivity index (χ0v) is 21.4. The molecule has 0 aliphatic carbocycles. The van der Waals surface area contributed by atoms with Crippen LogP contribution in [0.3, 0.4) is 0 Å². The summed E-state index contributed by atoms with van der Waals surface area (Å²) in [5, 5.41) is 0. The topological polar surface area (TPSA) is 115 Å².